The van der Waals surface area contributed by atoms with Crippen molar-refractivity contribution in [3.63, 3.8) is 0 Å². The van der Waals surface area contributed by atoms with Crippen LogP contribution < -0.4 is 10.2 Å². The van der Waals surface area contributed by atoms with Crippen molar-refractivity contribution in [2.24, 2.45) is 5.92 Å². The second-order valence-corrected chi connectivity index (χ2v) is 12.5. The Morgan fingerprint density at radius 1 is 0.911 bits per heavy atom. The number of hydrogen-bond acceptors (Lipinski definition) is 4. The Bertz CT molecular complexity index is 1820. The molecule has 2 N–H and O–H groups in total. The molecule has 0 radical (unpaired) electrons. The van der Waals surface area contributed by atoms with E-state index in [0.717, 1.165) is 51.8 Å². The number of alkyl carbamates (subject to hydrolysis) is 1. The number of carbonyl (C=O) groups is 2. The number of rotatable bonds is 8. The van der Waals surface area contributed by atoms with Crippen molar-refractivity contribution in [3.8, 4) is 11.1 Å². The third kappa shape index (κ3) is 5.71. The zero-order chi connectivity index (χ0) is 30.9. The molecule has 1 aromatic heterocycles. The van der Waals surface area contributed by atoms with Gasteiger partial charge in [0.2, 0.25) is 5.91 Å². The lowest BCUT2D eigenvalue weighted by atomic mass is 9.91. The van der Waals surface area contributed by atoms with Crippen LogP contribution in [0.1, 0.15) is 28.2 Å². The minimum absolute atomic E-state index is 0.0633. The molecule has 2 atom stereocenters. The quantitative estimate of drug-likeness (QED) is 0.217. The maximum Gasteiger partial charge on any atom is 0.407 e. The van der Waals surface area contributed by atoms with Crippen LogP contribution in [0.2, 0.25) is 0 Å². The Morgan fingerprint density at radius 3 is 2.33 bits per heavy atom. The minimum Gasteiger partial charge on any atom is -0.449 e. The van der Waals surface area contributed by atoms with Crippen LogP contribution in [0.5, 0.6) is 0 Å². The zero-order valence-corrected chi connectivity index (χ0v) is 25.7. The number of H-pyrrole nitrogens is 1. The molecule has 7 nitrogen and oxygen atoms in total. The topological polar surface area (TPSA) is 77.7 Å². The van der Waals surface area contributed by atoms with E-state index < -0.39 is 12.1 Å². The monoisotopic (exact) mass is 598 g/mol. The highest BCUT2D eigenvalue weighted by Gasteiger charge is 2.35. The van der Waals surface area contributed by atoms with Crippen LogP contribution in [0, 0.1) is 5.92 Å². The minimum atomic E-state index is -0.814. The largest absolute Gasteiger partial charge is 0.449 e. The van der Waals surface area contributed by atoms with Crippen molar-refractivity contribution in [2.75, 3.05) is 38.7 Å². The van der Waals surface area contributed by atoms with E-state index in [1.807, 2.05) is 77.8 Å². The van der Waals surface area contributed by atoms with Crippen LogP contribution >= 0.6 is 0 Å². The molecule has 45 heavy (non-hydrogen) atoms. The number of aromatic amines is 1. The first-order valence-corrected chi connectivity index (χ1v) is 15.7. The molecular weight excluding hydrogens is 560 g/mol. The molecule has 0 saturated carbocycles. The molecule has 0 spiro atoms. The van der Waals surface area contributed by atoms with Gasteiger partial charge in [0, 0.05) is 48.2 Å². The number of ether oxygens (including phenoxy) is 1. The second kappa shape index (κ2) is 12.3. The molecular formula is C38H38N4O3. The fourth-order valence-electron chi connectivity index (χ4n) is 7.22. The molecule has 7 heteroatoms. The zero-order valence-electron chi connectivity index (χ0n) is 25.7. The van der Waals surface area contributed by atoms with Gasteiger partial charge < -0.3 is 24.8 Å². The fraction of sp³-hybridized carbons (Fsp3) is 0.263. The van der Waals surface area contributed by atoms with E-state index in [9.17, 15) is 9.59 Å². The molecule has 1 aliphatic heterocycles. The molecule has 0 fully saturated rings. The van der Waals surface area contributed by atoms with Crippen LogP contribution in [-0.4, -0.2) is 61.7 Å². The molecule has 7 rings (SSSR count). The lowest BCUT2D eigenvalue weighted by Crippen LogP contribution is -2.53. The van der Waals surface area contributed by atoms with Crippen LogP contribution in [0.15, 0.2) is 103 Å². The number of nitrogens with zero attached hydrogens (tertiary/aromatic N) is 2. The standard InChI is InChI=1S/C38H38N4O3/c1-41(2)22-25-19-26-11-3-10-18-36(26)42(23-25)37(43)35(20-27-21-39-34-17-9-8-12-28(27)34)40-38(44)45-24-33-31-15-6-4-13-29(31)30-14-5-7-16-32(30)33/h3-18,21,25,33,35,39H,19-20,22-24H2,1-2H3,(H,40,44)/t25-,35+/m0/s1. The predicted octanol–water partition coefficient (Wildman–Crippen LogP) is 6.38. The predicted molar refractivity (Wildman–Crippen MR) is 179 cm³/mol. The summed E-state index contributed by atoms with van der Waals surface area (Å²) in [6, 6.07) is 31.9. The number of aromatic nitrogens is 1. The van der Waals surface area contributed by atoms with E-state index >= 15 is 0 Å². The smallest absolute Gasteiger partial charge is 0.407 e. The molecule has 0 unspecified atom stereocenters. The molecule has 0 saturated heterocycles. The number of anilines is 1. The first kappa shape index (κ1) is 28.9. The van der Waals surface area contributed by atoms with Gasteiger partial charge in [-0.05, 0) is 71.9 Å². The van der Waals surface area contributed by atoms with Crippen molar-refractivity contribution < 1.29 is 14.3 Å². The molecule has 4 aromatic carbocycles. The Labute approximate surface area is 263 Å². The number of amides is 2. The Kier molecular flexibility index (Phi) is 7.86. The van der Waals surface area contributed by atoms with Gasteiger partial charge in [0.25, 0.3) is 0 Å². The summed E-state index contributed by atoms with van der Waals surface area (Å²) in [4.78, 5) is 35.4. The Hall–Kier alpha value is -4.88. The first-order chi connectivity index (χ1) is 22.0. The Balaban J connectivity index is 1.15. The third-order valence-electron chi connectivity index (χ3n) is 9.15. The summed E-state index contributed by atoms with van der Waals surface area (Å²) in [6.45, 7) is 1.64. The summed E-state index contributed by atoms with van der Waals surface area (Å²) in [5, 5.41) is 4.03. The fourth-order valence-corrected chi connectivity index (χ4v) is 7.22. The SMILES string of the molecule is CN(C)C[C@@H]1Cc2ccccc2N(C(=O)[C@@H](Cc2c[nH]c3ccccc23)NC(=O)OCC2c3ccccc3-c3ccccc32)C1. The van der Waals surface area contributed by atoms with E-state index in [2.05, 4.69) is 59.6 Å². The highest BCUT2D eigenvalue weighted by molar-refractivity contribution is 6.00. The van der Waals surface area contributed by atoms with Gasteiger partial charge in [0.1, 0.15) is 12.6 Å². The summed E-state index contributed by atoms with van der Waals surface area (Å²) in [7, 11) is 4.12. The molecule has 228 valence electrons. The van der Waals surface area contributed by atoms with Crippen LogP contribution in [0.25, 0.3) is 22.0 Å². The van der Waals surface area contributed by atoms with E-state index in [1.165, 1.54) is 11.1 Å². The van der Waals surface area contributed by atoms with E-state index in [0.29, 0.717) is 13.0 Å². The van der Waals surface area contributed by atoms with Crippen molar-refractivity contribution in [1.82, 2.24) is 15.2 Å². The van der Waals surface area contributed by atoms with Crippen LogP contribution in [-0.2, 0) is 22.4 Å². The number of fused-ring (bicyclic) bond motifs is 5. The summed E-state index contributed by atoms with van der Waals surface area (Å²) in [5.74, 6) is 0.0819. The molecule has 1 aliphatic carbocycles. The number of hydrogen-bond donors (Lipinski definition) is 2. The van der Waals surface area contributed by atoms with Crippen molar-refractivity contribution in [1.29, 1.82) is 0 Å². The highest BCUT2D eigenvalue weighted by atomic mass is 16.5. The van der Waals surface area contributed by atoms with Gasteiger partial charge in [-0.3, -0.25) is 4.79 Å². The van der Waals surface area contributed by atoms with Gasteiger partial charge in [-0.15, -0.1) is 0 Å². The normalized spacial score (nSPS) is 16.2. The number of para-hydroxylation sites is 2. The lowest BCUT2D eigenvalue weighted by Gasteiger charge is -2.37. The number of benzene rings is 4. The molecule has 5 aromatic rings. The van der Waals surface area contributed by atoms with Gasteiger partial charge in [-0.25, -0.2) is 4.79 Å². The molecule has 0 bridgehead atoms. The van der Waals surface area contributed by atoms with Crippen LogP contribution in [0.4, 0.5) is 10.5 Å². The Morgan fingerprint density at radius 2 is 1.58 bits per heavy atom. The van der Waals surface area contributed by atoms with Gasteiger partial charge >= 0.3 is 6.09 Å². The number of carbonyl (C=O) groups excluding carboxylic acids is 2. The van der Waals surface area contributed by atoms with Gasteiger partial charge in [0.15, 0.2) is 0 Å². The van der Waals surface area contributed by atoms with Crippen molar-refractivity contribution in [2.45, 2.75) is 24.8 Å². The van der Waals surface area contributed by atoms with Gasteiger partial charge in [0.05, 0.1) is 0 Å². The maximum atomic E-state index is 14.5. The highest BCUT2D eigenvalue weighted by Crippen LogP contribution is 2.44. The van der Waals surface area contributed by atoms with Crippen LogP contribution in [0.3, 0.4) is 0 Å². The van der Waals surface area contributed by atoms with Crippen molar-refractivity contribution >= 4 is 28.6 Å². The van der Waals surface area contributed by atoms with Gasteiger partial charge in [-0.1, -0.05) is 84.9 Å². The van der Waals surface area contributed by atoms with E-state index in [1.54, 1.807) is 0 Å². The summed E-state index contributed by atoms with van der Waals surface area (Å²) in [5.41, 5.74) is 8.67. The molecule has 2 amide bonds. The average Bonchev–Trinajstić information content (AvgIpc) is 3.61. The summed E-state index contributed by atoms with van der Waals surface area (Å²) >= 11 is 0. The second-order valence-electron chi connectivity index (χ2n) is 12.5. The summed E-state index contributed by atoms with van der Waals surface area (Å²) in [6.07, 6.45) is 2.59. The molecule has 2 heterocycles. The third-order valence-corrected chi connectivity index (χ3v) is 9.15. The van der Waals surface area contributed by atoms with E-state index in [-0.39, 0.29) is 24.3 Å². The van der Waals surface area contributed by atoms with Crippen molar-refractivity contribution in [3.05, 3.63) is 126 Å². The lowest BCUT2D eigenvalue weighted by molar-refractivity contribution is -0.120. The summed E-state index contributed by atoms with van der Waals surface area (Å²) < 4.78 is 5.92. The average molecular weight is 599 g/mol. The van der Waals surface area contributed by atoms with E-state index in [4.69, 9.17) is 4.74 Å². The number of nitrogens with one attached hydrogen (secondary N) is 2. The van der Waals surface area contributed by atoms with Gasteiger partial charge in [-0.2, -0.15) is 0 Å². The maximum absolute atomic E-state index is 14.5. The molecule has 2 aliphatic rings. The first-order valence-electron chi connectivity index (χ1n) is 15.7.